The molecule has 0 saturated carbocycles. The number of fused-ring (bicyclic) bond motifs is 2. The molecular formula is C25H15ClN4O7. The number of hydrogen-bond acceptors (Lipinski definition) is 8. The largest absolute Gasteiger partial charge is 0.481 e. The molecule has 3 aromatic carbocycles. The number of hydrogen-bond donors (Lipinski definition) is 1. The molecule has 37 heavy (non-hydrogen) atoms. The number of para-hydroxylation sites is 1. The predicted molar refractivity (Wildman–Crippen MR) is 135 cm³/mol. The Bertz CT molecular complexity index is 1790. The van der Waals surface area contributed by atoms with E-state index < -0.39 is 23.1 Å². The fraction of sp³-hybridized carbons (Fsp3) is 0.0400. The average molecular weight is 519 g/mol. The smallest absolute Gasteiger partial charge is 0.341 e. The number of nitro groups is 1. The maximum atomic E-state index is 13.4. The summed E-state index contributed by atoms with van der Waals surface area (Å²) in [4.78, 5) is 39.6. The lowest BCUT2D eigenvalue weighted by Gasteiger charge is -2.09. The highest BCUT2D eigenvalue weighted by Gasteiger charge is 2.17. The molecule has 0 spiro atoms. The van der Waals surface area contributed by atoms with Crippen molar-refractivity contribution in [3.63, 3.8) is 0 Å². The van der Waals surface area contributed by atoms with Gasteiger partial charge in [-0.3, -0.25) is 14.9 Å². The van der Waals surface area contributed by atoms with Crippen LogP contribution in [-0.2, 0) is 4.79 Å². The van der Waals surface area contributed by atoms with Crippen molar-refractivity contribution in [1.29, 1.82) is 0 Å². The second kappa shape index (κ2) is 9.55. The molecule has 11 nitrogen and oxygen atoms in total. The van der Waals surface area contributed by atoms with Crippen LogP contribution in [0, 0.1) is 10.1 Å². The Morgan fingerprint density at radius 1 is 1.19 bits per heavy atom. The lowest BCUT2D eigenvalue weighted by Crippen LogP contribution is -2.20. The standard InChI is InChI=1S/C25H15ClN4O7/c26-16-5-7-21-14(9-16)11-22(37-21)24-28-19-4-2-1-3-18(19)25(33)29(24)27-12-15-10-17(30(34)35)6-8-20(15)36-13-23(31)32/h1-12H,13H2,(H,31,32). The number of rotatable bonds is 7. The number of nitro benzene ring substituents is 1. The second-order valence-electron chi connectivity index (χ2n) is 7.77. The van der Waals surface area contributed by atoms with E-state index in [0.29, 0.717) is 21.5 Å². The monoisotopic (exact) mass is 518 g/mol. The zero-order valence-electron chi connectivity index (χ0n) is 18.7. The van der Waals surface area contributed by atoms with Crippen LogP contribution >= 0.6 is 11.6 Å². The molecule has 5 rings (SSSR count). The number of carboxylic acids is 1. The molecule has 0 atom stereocenters. The molecule has 0 aliphatic rings. The van der Waals surface area contributed by atoms with E-state index in [1.165, 1.54) is 12.1 Å². The molecule has 0 radical (unpaired) electrons. The number of non-ortho nitro benzene ring substituents is 1. The van der Waals surface area contributed by atoms with Crippen LogP contribution in [0.25, 0.3) is 33.5 Å². The molecular weight excluding hydrogens is 504 g/mol. The first-order valence-corrected chi connectivity index (χ1v) is 11.1. The van der Waals surface area contributed by atoms with E-state index in [2.05, 4.69) is 10.1 Å². The van der Waals surface area contributed by atoms with Crippen molar-refractivity contribution in [2.75, 3.05) is 6.61 Å². The Kier molecular flexibility index (Phi) is 6.12. The van der Waals surface area contributed by atoms with Crippen LogP contribution in [0.2, 0.25) is 5.02 Å². The molecule has 2 aromatic heterocycles. The van der Waals surface area contributed by atoms with E-state index >= 15 is 0 Å². The molecule has 2 heterocycles. The van der Waals surface area contributed by atoms with Crippen molar-refractivity contribution < 1.29 is 24.0 Å². The molecule has 5 aromatic rings. The zero-order valence-corrected chi connectivity index (χ0v) is 19.5. The SMILES string of the molecule is O=C(O)COc1ccc([N+](=O)[O-])cc1C=Nn1c(-c2cc3cc(Cl)ccc3o2)nc2ccccc2c1=O. The summed E-state index contributed by atoms with van der Waals surface area (Å²) >= 11 is 6.09. The zero-order chi connectivity index (χ0) is 26.1. The molecule has 0 aliphatic carbocycles. The number of aromatic nitrogens is 2. The van der Waals surface area contributed by atoms with Gasteiger partial charge < -0.3 is 14.3 Å². The Balaban J connectivity index is 1.69. The van der Waals surface area contributed by atoms with Crippen LogP contribution in [0.15, 0.2) is 81.0 Å². The van der Waals surface area contributed by atoms with E-state index in [1.807, 2.05) is 0 Å². The Labute approximate surface area is 211 Å². The highest BCUT2D eigenvalue weighted by molar-refractivity contribution is 6.31. The number of ether oxygens (including phenoxy) is 1. The van der Waals surface area contributed by atoms with Gasteiger partial charge in [0.15, 0.2) is 12.4 Å². The molecule has 0 fully saturated rings. The summed E-state index contributed by atoms with van der Waals surface area (Å²) in [5, 5.41) is 26.0. The highest BCUT2D eigenvalue weighted by Crippen LogP contribution is 2.29. The third-order valence-corrected chi connectivity index (χ3v) is 5.56. The Morgan fingerprint density at radius 2 is 2.00 bits per heavy atom. The van der Waals surface area contributed by atoms with Crippen LogP contribution in [-0.4, -0.2) is 38.5 Å². The van der Waals surface area contributed by atoms with Crippen molar-refractivity contribution >= 4 is 51.3 Å². The summed E-state index contributed by atoms with van der Waals surface area (Å²) in [5.74, 6) is -0.897. The van der Waals surface area contributed by atoms with Crippen LogP contribution in [0.3, 0.4) is 0 Å². The number of halogens is 1. The molecule has 1 N–H and O–H groups in total. The van der Waals surface area contributed by atoms with Gasteiger partial charge >= 0.3 is 5.97 Å². The van der Waals surface area contributed by atoms with Crippen molar-refractivity contribution in [3.05, 3.63) is 97.8 Å². The lowest BCUT2D eigenvalue weighted by atomic mass is 10.2. The van der Waals surface area contributed by atoms with Gasteiger partial charge in [-0.25, -0.2) is 9.78 Å². The van der Waals surface area contributed by atoms with Crippen LogP contribution in [0.5, 0.6) is 5.75 Å². The first kappa shape index (κ1) is 23.7. The number of furan rings is 1. The minimum Gasteiger partial charge on any atom is -0.481 e. The molecule has 0 saturated heterocycles. The minimum absolute atomic E-state index is 0.0264. The van der Waals surface area contributed by atoms with Gasteiger partial charge in [0.1, 0.15) is 11.3 Å². The topological polar surface area (TPSA) is 150 Å². The highest BCUT2D eigenvalue weighted by atomic mass is 35.5. The molecule has 12 heteroatoms. The van der Waals surface area contributed by atoms with Crippen molar-refractivity contribution in [1.82, 2.24) is 9.66 Å². The molecule has 0 amide bonds. The Morgan fingerprint density at radius 3 is 2.78 bits per heavy atom. The number of aliphatic carboxylic acids is 1. The fourth-order valence-electron chi connectivity index (χ4n) is 3.66. The third kappa shape index (κ3) is 4.75. The maximum Gasteiger partial charge on any atom is 0.341 e. The fourth-order valence-corrected chi connectivity index (χ4v) is 3.84. The summed E-state index contributed by atoms with van der Waals surface area (Å²) in [6, 6.07) is 17.0. The average Bonchev–Trinajstić information content (AvgIpc) is 3.30. The normalized spacial score (nSPS) is 11.4. The van der Waals surface area contributed by atoms with Crippen molar-refractivity contribution in [3.8, 4) is 17.3 Å². The summed E-state index contributed by atoms with van der Waals surface area (Å²) in [6.07, 6.45) is 1.16. The Hall–Kier alpha value is -5.03. The summed E-state index contributed by atoms with van der Waals surface area (Å²) < 4.78 is 12.2. The second-order valence-corrected chi connectivity index (χ2v) is 8.20. The number of nitrogens with zero attached hydrogens (tertiary/aromatic N) is 4. The van der Waals surface area contributed by atoms with E-state index in [0.717, 1.165) is 17.0 Å². The van der Waals surface area contributed by atoms with Gasteiger partial charge in [-0.15, -0.1) is 0 Å². The number of benzene rings is 3. The molecule has 0 unspecified atom stereocenters. The van der Waals surface area contributed by atoms with Crippen molar-refractivity contribution in [2.45, 2.75) is 0 Å². The number of carbonyl (C=O) groups is 1. The van der Waals surface area contributed by atoms with Gasteiger partial charge in [0.25, 0.3) is 11.2 Å². The van der Waals surface area contributed by atoms with E-state index in [9.17, 15) is 19.7 Å². The molecule has 0 aliphatic heterocycles. The van der Waals surface area contributed by atoms with E-state index in [-0.39, 0.29) is 34.0 Å². The lowest BCUT2D eigenvalue weighted by molar-refractivity contribution is -0.384. The van der Waals surface area contributed by atoms with Crippen LogP contribution in [0.4, 0.5) is 5.69 Å². The first-order valence-electron chi connectivity index (χ1n) is 10.7. The van der Waals surface area contributed by atoms with Gasteiger partial charge in [-0.2, -0.15) is 9.78 Å². The van der Waals surface area contributed by atoms with E-state index in [4.69, 9.17) is 25.9 Å². The van der Waals surface area contributed by atoms with Crippen LogP contribution in [0.1, 0.15) is 5.56 Å². The minimum atomic E-state index is -1.23. The van der Waals surface area contributed by atoms with Gasteiger partial charge in [0, 0.05) is 28.1 Å². The third-order valence-electron chi connectivity index (χ3n) is 5.32. The summed E-state index contributed by atoms with van der Waals surface area (Å²) in [7, 11) is 0. The van der Waals surface area contributed by atoms with Gasteiger partial charge in [0.05, 0.1) is 22.0 Å². The summed E-state index contributed by atoms with van der Waals surface area (Å²) in [5.41, 5.74) is 0.211. The first-order chi connectivity index (χ1) is 17.8. The molecule has 184 valence electrons. The van der Waals surface area contributed by atoms with Gasteiger partial charge in [-0.1, -0.05) is 23.7 Å². The van der Waals surface area contributed by atoms with Crippen molar-refractivity contribution in [2.24, 2.45) is 5.10 Å². The van der Waals surface area contributed by atoms with Gasteiger partial charge in [0.2, 0.25) is 5.82 Å². The summed E-state index contributed by atoms with van der Waals surface area (Å²) in [6.45, 7) is -0.678. The quantitative estimate of drug-likeness (QED) is 0.185. The predicted octanol–water partition coefficient (Wildman–Crippen LogP) is 4.72. The van der Waals surface area contributed by atoms with Crippen LogP contribution < -0.4 is 10.3 Å². The van der Waals surface area contributed by atoms with E-state index in [1.54, 1.807) is 48.5 Å². The number of carboxylic acid groups (broad SMARTS) is 1. The maximum absolute atomic E-state index is 13.4. The van der Waals surface area contributed by atoms with Gasteiger partial charge in [-0.05, 0) is 42.5 Å². The molecule has 0 bridgehead atoms.